The number of rotatable bonds is 5. The number of halogens is 1. The number of hydrogen-bond acceptors (Lipinski definition) is 7. The van der Waals surface area contributed by atoms with Crippen molar-refractivity contribution in [3.8, 4) is 16.3 Å². The minimum atomic E-state index is -1.21. The van der Waals surface area contributed by atoms with Crippen molar-refractivity contribution in [2.75, 3.05) is 19.0 Å². The number of benzene rings is 1. The summed E-state index contributed by atoms with van der Waals surface area (Å²) in [5.74, 6) is 0.366. The molecule has 1 saturated heterocycles. The van der Waals surface area contributed by atoms with Gasteiger partial charge in [-0.15, -0.1) is 11.3 Å². The first-order valence-corrected chi connectivity index (χ1v) is 10.8. The number of aryl methyl sites for hydroxylation is 1. The largest absolute Gasteiger partial charge is 0.497 e. The second kappa shape index (κ2) is 9.13. The van der Waals surface area contributed by atoms with Crippen molar-refractivity contribution in [2.45, 2.75) is 31.2 Å². The Kier molecular flexibility index (Phi) is 6.30. The van der Waals surface area contributed by atoms with E-state index in [4.69, 9.17) is 15.2 Å². The topological polar surface area (TPSA) is 104 Å². The van der Waals surface area contributed by atoms with Gasteiger partial charge in [0.25, 0.3) is 5.91 Å². The smallest absolute Gasteiger partial charge is 0.275 e. The maximum Gasteiger partial charge on any atom is 0.275 e. The normalized spacial score (nSPS) is 21.5. The molecule has 4 rings (SSSR count). The van der Waals surface area contributed by atoms with Crippen molar-refractivity contribution in [1.29, 1.82) is 0 Å². The first kappa shape index (κ1) is 21.4. The van der Waals surface area contributed by atoms with Crippen molar-refractivity contribution in [2.24, 2.45) is 12.8 Å². The summed E-state index contributed by atoms with van der Waals surface area (Å²) in [6.07, 6.45) is 0.976. The molecule has 1 amide bonds. The fourth-order valence-corrected chi connectivity index (χ4v) is 4.33. The Balaban J connectivity index is 1.52. The molecule has 31 heavy (non-hydrogen) atoms. The fraction of sp³-hybridized carbons (Fsp3) is 0.381. The number of amides is 1. The van der Waals surface area contributed by atoms with Gasteiger partial charge in [0.1, 0.15) is 28.7 Å². The Morgan fingerprint density at radius 3 is 3.06 bits per heavy atom. The molecule has 1 aliphatic rings. The van der Waals surface area contributed by atoms with E-state index >= 15 is 0 Å². The molecule has 3 atom stereocenters. The van der Waals surface area contributed by atoms with Crippen molar-refractivity contribution < 1.29 is 18.7 Å². The fourth-order valence-electron chi connectivity index (χ4n) is 3.53. The minimum Gasteiger partial charge on any atom is -0.497 e. The number of carbonyl (C=O) groups is 1. The van der Waals surface area contributed by atoms with Crippen LogP contribution in [0.5, 0.6) is 5.75 Å². The standard InChI is InChI=1S/C21H24FN5O3S/c1-27-19(18-7-6-15(23)14(22)10-30-18)16(9-24-27)25-20(28)17-11-31-21(26-17)12-4-3-5-13(8-12)29-2/h3-5,8-9,11,14-15,18H,6-7,10,23H2,1-2H3,(H,25,28)/t14-,15-,18+/m1/s1. The van der Waals surface area contributed by atoms with Crippen molar-refractivity contribution in [3.05, 3.63) is 47.2 Å². The number of alkyl halides is 1. The molecule has 1 fully saturated rings. The van der Waals surface area contributed by atoms with Gasteiger partial charge in [-0.25, -0.2) is 9.37 Å². The van der Waals surface area contributed by atoms with Crippen LogP contribution in [0.4, 0.5) is 10.1 Å². The zero-order chi connectivity index (χ0) is 22.0. The number of nitrogens with zero attached hydrogens (tertiary/aromatic N) is 3. The third-order valence-corrected chi connectivity index (χ3v) is 6.17. The molecule has 1 aliphatic heterocycles. The number of nitrogens with two attached hydrogens (primary N) is 1. The van der Waals surface area contributed by atoms with E-state index in [9.17, 15) is 9.18 Å². The van der Waals surface area contributed by atoms with Gasteiger partial charge in [0, 0.05) is 24.0 Å². The van der Waals surface area contributed by atoms with Crippen LogP contribution in [0.15, 0.2) is 35.8 Å². The number of ether oxygens (including phenoxy) is 2. The van der Waals surface area contributed by atoms with Gasteiger partial charge in [-0.1, -0.05) is 12.1 Å². The van der Waals surface area contributed by atoms with Gasteiger partial charge in [0.2, 0.25) is 0 Å². The summed E-state index contributed by atoms with van der Waals surface area (Å²) in [6, 6.07) is 6.95. The Morgan fingerprint density at radius 1 is 1.42 bits per heavy atom. The molecule has 0 unspecified atom stereocenters. The lowest BCUT2D eigenvalue weighted by Gasteiger charge is -2.17. The van der Waals surface area contributed by atoms with Gasteiger partial charge in [0.15, 0.2) is 0 Å². The summed E-state index contributed by atoms with van der Waals surface area (Å²) in [5.41, 5.74) is 8.19. The highest BCUT2D eigenvalue weighted by molar-refractivity contribution is 7.13. The average molecular weight is 446 g/mol. The molecule has 3 N–H and O–H groups in total. The zero-order valence-electron chi connectivity index (χ0n) is 17.2. The lowest BCUT2D eigenvalue weighted by molar-refractivity contribution is 0.0247. The van der Waals surface area contributed by atoms with Crippen LogP contribution in [0, 0.1) is 0 Å². The monoisotopic (exact) mass is 445 g/mol. The molecular formula is C21H24FN5O3S. The number of methoxy groups -OCH3 is 1. The van der Waals surface area contributed by atoms with E-state index < -0.39 is 18.3 Å². The molecule has 1 aromatic carbocycles. The Hall–Kier alpha value is -2.82. The average Bonchev–Trinajstić information content (AvgIpc) is 3.37. The van der Waals surface area contributed by atoms with E-state index in [0.29, 0.717) is 34.9 Å². The minimum absolute atomic E-state index is 0.0830. The highest BCUT2D eigenvalue weighted by Crippen LogP contribution is 2.33. The molecule has 2 aromatic heterocycles. The summed E-state index contributed by atoms with van der Waals surface area (Å²) in [7, 11) is 3.36. The summed E-state index contributed by atoms with van der Waals surface area (Å²) in [4.78, 5) is 17.3. The number of carbonyl (C=O) groups excluding carboxylic acids is 1. The van der Waals surface area contributed by atoms with E-state index in [-0.39, 0.29) is 12.5 Å². The molecule has 0 radical (unpaired) electrons. The lowest BCUT2D eigenvalue weighted by Crippen LogP contribution is -2.32. The SMILES string of the molecule is COc1cccc(-c2nc(C(=O)Nc3cnn(C)c3[C@@H]3CC[C@@H](N)[C@H](F)CO3)cs2)c1. The maximum atomic E-state index is 13.9. The second-order valence-corrected chi connectivity index (χ2v) is 8.23. The van der Waals surface area contributed by atoms with Gasteiger partial charge in [0.05, 0.1) is 31.3 Å². The maximum absolute atomic E-state index is 13.9. The number of hydrogen-bond donors (Lipinski definition) is 2. The highest BCUT2D eigenvalue weighted by Gasteiger charge is 2.30. The summed E-state index contributed by atoms with van der Waals surface area (Å²) in [5, 5.41) is 9.53. The first-order valence-electron chi connectivity index (χ1n) is 9.90. The van der Waals surface area contributed by atoms with Crippen LogP contribution in [-0.2, 0) is 11.8 Å². The molecule has 10 heteroatoms. The van der Waals surface area contributed by atoms with E-state index in [2.05, 4.69) is 15.4 Å². The van der Waals surface area contributed by atoms with Crippen LogP contribution >= 0.6 is 11.3 Å². The molecule has 164 valence electrons. The Bertz CT molecular complexity index is 1060. The molecule has 8 nitrogen and oxygen atoms in total. The van der Waals surface area contributed by atoms with Gasteiger partial charge in [-0.3, -0.25) is 9.48 Å². The molecule has 0 bridgehead atoms. The molecule has 0 spiro atoms. The van der Waals surface area contributed by atoms with Crippen molar-refractivity contribution >= 4 is 22.9 Å². The summed E-state index contributed by atoms with van der Waals surface area (Å²) >= 11 is 1.37. The summed E-state index contributed by atoms with van der Waals surface area (Å²) in [6.45, 7) is -0.0830. The van der Waals surface area contributed by atoms with Gasteiger partial charge in [-0.2, -0.15) is 5.10 Å². The first-order chi connectivity index (χ1) is 15.0. The van der Waals surface area contributed by atoms with Gasteiger partial charge in [-0.05, 0) is 25.0 Å². The van der Waals surface area contributed by atoms with E-state index in [0.717, 1.165) is 11.3 Å². The predicted octanol–water partition coefficient (Wildman–Crippen LogP) is 3.32. The molecule has 3 aromatic rings. The molecular weight excluding hydrogens is 421 g/mol. The Morgan fingerprint density at radius 2 is 2.26 bits per heavy atom. The predicted molar refractivity (Wildman–Crippen MR) is 116 cm³/mol. The number of nitrogens with one attached hydrogen (secondary N) is 1. The highest BCUT2D eigenvalue weighted by atomic mass is 32.1. The van der Waals surface area contributed by atoms with Crippen LogP contribution < -0.4 is 15.8 Å². The van der Waals surface area contributed by atoms with Gasteiger partial charge < -0.3 is 20.5 Å². The van der Waals surface area contributed by atoms with Gasteiger partial charge >= 0.3 is 0 Å². The quantitative estimate of drug-likeness (QED) is 0.624. The lowest BCUT2D eigenvalue weighted by atomic mass is 10.0. The Labute approximate surface area is 183 Å². The molecule has 0 aliphatic carbocycles. The second-order valence-electron chi connectivity index (χ2n) is 7.37. The van der Waals surface area contributed by atoms with Crippen LogP contribution in [0.2, 0.25) is 0 Å². The number of anilines is 1. The number of aromatic nitrogens is 3. The zero-order valence-corrected chi connectivity index (χ0v) is 18.1. The van der Waals surface area contributed by atoms with Crippen LogP contribution in [0.1, 0.15) is 35.1 Å². The van der Waals surface area contributed by atoms with E-state index in [1.807, 2.05) is 24.3 Å². The third-order valence-electron chi connectivity index (χ3n) is 5.27. The third kappa shape index (κ3) is 4.60. The van der Waals surface area contributed by atoms with Crippen molar-refractivity contribution in [1.82, 2.24) is 14.8 Å². The van der Waals surface area contributed by atoms with Crippen molar-refractivity contribution in [3.63, 3.8) is 0 Å². The molecule has 3 heterocycles. The van der Waals surface area contributed by atoms with Crippen LogP contribution in [-0.4, -0.2) is 46.6 Å². The van der Waals surface area contributed by atoms with E-state index in [1.165, 1.54) is 11.3 Å². The summed E-state index contributed by atoms with van der Waals surface area (Å²) < 4.78 is 26.5. The van der Waals surface area contributed by atoms with Crippen LogP contribution in [0.3, 0.4) is 0 Å². The van der Waals surface area contributed by atoms with E-state index in [1.54, 1.807) is 30.4 Å². The molecule has 0 saturated carbocycles. The number of thiazole rings is 1. The van der Waals surface area contributed by atoms with Crippen LogP contribution in [0.25, 0.3) is 10.6 Å².